The fraction of sp³-hybridized carbons (Fsp3) is 1.00. The van der Waals surface area contributed by atoms with Crippen molar-refractivity contribution in [2.75, 3.05) is 19.6 Å². The van der Waals surface area contributed by atoms with Gasteiger partial charge in [-0.2, -0.15) is 0 Å². The fourth-order valence-corrected chi connectivity index (χ4v) is 2.05. The summed E-state index contributed by atoms with van der Waals surface area (Å²) in [6.07, 6.45) is 1.43. The van der Waals surface area contributed by atoms with Crippen LogP contribution in [0.25, 0.3) is 0 Å². The zero-order valence-electron chi connectivity index (χ0n) is 8.10. The van der Waals surface area contributed by atoms with E-state index in [1.807, 2.05) is 0 Å². The van der Waals surface area contributed by atoms with E-state index in [1.165, 1.54) is 6.42 Å². The van der Waals surface area contributed by atoms with Crippen LogP contribution in [0, 0.1) is 11.8 Å². The van der Waals surface area contributed by atoms with Crippen molar-refractivity contribution in [2.45, 2.75) is 32.1 Å². The van der Waals surface area contributed by atoms with Crippen LogP contribution >= 0.6 is 0 Å². The first kappa shape index (κ1) is 9.38. The monoisotopic (exact) mass is 189 g/mol. The summed E-state index contributed by atoms with van der Waals surface area (Å²) in [5.41, 5.74) is 0. The number of alkyl halides is 2. The highest BCUT2D eigenvalue weighted by Gasteiger charge is 2.38. The Bertz CT molecular complexity index is 183. The van der Waals surface area contributed by atoms with Crippen LogP contribution in [-0.4, -0.2) is 30.5 Å². The molecule has 76 valence electrons. The molecule has 0 aromatic carbocycles. The first-order valence-corrected chi connectivity index (χ1v) is 5.17. The third-order valence-electron chi connectivity index (χ3n) is 3.36. The number of piperidine rings is 1. The average Bonchev–Trinajstić information content (AvgIpc) is 2.72. The molecule has 1 aliphatic carbocycles. The summed E-state index contributed by atoms with van der Waals surface area (Å²) in [6, 6.07) is 0. The molecule has 0 aromatic heterocycles. The van der Waals surface area contributed by atoms with E-state index in [0.29, 0.717) is 13.1 Å². The Morgan fingerprint density at radius 2 is 1.85 bits per heavy atom. The predicted molar refractivity (Wildman–Crippen MR) is 47.9 cm³/mol. The summed E-state index contributed by atoms with van der Waals surface area (Å²) in [5, 5.41) is 0. The molecule has 2 rings (SSSR count). The maximum Gasteiger partial charge on any atom is 0.250 e. The molecule has 0 radical (unpaired) electrons. The predicted octanol–water partition coefficient (Wildman–Crippen LogP) is 2.37. The quantitative estimate of drug-likeness (QED) is 0.644. The number of hydrogen-bond acceptors (Lipinski definition) is 1. The van der Waals surface area contributed by atoms with Crippen molar-refractivity contribution in [2.24, 2.45) is 11.8 Å². The van der Waals surface area contributed by atoms with Crippen LogP contribution in [0.5, 0.6) is 0 Å². The molecular weight excluding hydrogens is 172 g/mol. The zero-order chi connectivity index (χ0) is 9.47. The van der Waals surface area contributed by atoms with Crippen LogP contribution < -0.4 is 0 Å². The molecule has 1 saturated heterocycles. The van der Waals surface area contributed by atoms with Crippen LogP contribution in [0.15, 0.2) is 0 Å². The first-order chi connectivity index (χ1) is 6.07. The largest absolute Gasteiger partial charge is 0.303 e. The standard InChI is InChI=1S/C10H17F2N/c1-8-6-9(8)7-13-4-2-10(11,12)3-5-13/h8-9H,2-7H2,1H3. The molecule has 2 fully saturated rings. The van der Waals surface area contributed by atoms with E-state index in [0.717, 1.165) is 18.4 Å². The summed E-state index contributed by atoms with van der Waals surface area (Å²) in [7, 11) is 0. The lowest BCUT2D eigenvalue weighted by Gasteiger charge is -2.31. The number of hydrogen-bond donors (Lipinski definition) is 0. The lowest BCUT2D eigenvalue weighted by Crippen LogP contribution is -2.40. The lowest BCUT2D eigenvalue weighted by molar-refractivity contribution is -0.0558. The van der Waals surface area contributed by atoms with Gasteiger partial charge in [-0.1, -0.05) is 6.92 Å². The van der Waals surface area contributed by atoms with Crippen molar-refractivity contribution >= 4 is 0 Å². The van der Waals surface area contributed by atoms with Gasteiger partial charge in [0.25, 0.3) is 5.92 Å². The normalized spacial score (nSPS) is 39.0. The highest BCUT2D eigenvalue weighted by atomic mass is 19.3. The summed E-state index contributed by atoms with van der Waals surface area (Å²) < 4.78 is 25.6. The van der Waals surface area contributed by atoms with Gasteiger partial charge >= 0.3 is 0 Å². The van der Waals surface area contributed by atoms with Crippen molar-refractivity contribution < 1.29 is 8.78 Å². The van der Waals surface area contributed by atoms with Gasteiger partial charge in [0.05, 0.1) is 0 Å². The topological polar surface area (TPSA) is 3.24 Å². The zero-order valence-corrected chi connectivity index (χ0v) is 8.10. The Kier molecular flexibility index (Phi) is 2.30. The molecular formula is C10H17F2N. The van der Waals surface area contributed by atoms with Crippen molar-refractivity contribution in [3.63, 3.8) is 0 Å². The molecule has 1 saturated carbocycles. The molecule has 2 unspecified atom stereocenters. The van der Waals surface area contributed by atoms with Gasteiger partial charge in [0.1, 0.15) is 0 Å². The van der Waals surface area contributed by atoms with E-state index in [9.17, 15) is 8.78 Å². The number of halogens is 2. The Morgan fingerprint density at radius 1 is 1.31 bits per heavy atom. The van der Waals surface area contributed by atoms with Crippen LogP contribution in [0.1, 0.15) is 26.2 Å². The maximum atomic E-state index is 12.8. The van der Waals surface area contributed by atoms with Crippen LogP contribution in [0.3, 0.4) is 0 Å². The number of likely N-dealkylation sites (tertiary alicyclic amines) is 1. The molecule has 13 heavy (non-hydrogen) atoms. The van der Waals surface area contributed by atoms with Gasteiger partial charge in [-0.25, -0.2) is 8.78 Å². The molecule has 1 heterocycles. The molecule has 1 nitrogen and oxygen atoms in total. The third-order valence-corrected chi connectivity index (χ3v) is 3.36. The van der Waals surface area contributed by atoms with Crippen molar-refractivity contribution in [1.82, 2.24) is 4.90 Å². The van der Waals surface area contributed by atoms with Gasteiger partial charge in [-0.05, 0) is 18.3 Å². The van der Waals surface area contributed by atoms with E-state index >= 15 is 0 Å². The SMILES string of the molecule is CC1CC1CN1CCC(F)(F)CC1. The second-order valence-corrected chi connectivity index (χ2v) is 4.63. The third kappa shape index (κ3) is 2.39. The summed E-state index contributed by atoms with van der Waals surface area (Å²) in [6.45, 7) is 4.48. The summed E-state index contributed by atoms with van der Waals surface area (Å²) >= 11 is 0. The highest BCUT2D eigenvalue weighted by molar-refractivity contribution is 4.87. The Hall–Kier alpha value is -0.180. The number of rotatable bonds is 2. The van der Waals surface area contributed by atoms with E-state index in [-0.39, 0.29) is 12.8 Å². The van der Waals surface area contributed by atoms with Gasteiger partial charge in [0.2, 0.25) is 0 Å². The fourth-order valence-electron chi connectivity index (χ4n) is 2.05. The smallest absolute Gasteiger partial charge is 0.250 e. The second kappa shape index (κ2) is 3.19. The minimum Gasteiger partial charge on any atom is -0.303 e. The molecule has 0 N–H and O–H groups in total. The Balaban J connectivity index is 1.72. The van der Waals surface area contributed by atoms with Gasteiger partial charge in [-0.15, -0.1) is 0 Å². The molecule has 0 bridgehead atoms. The van der Waals surface area contributed by atoms with Crippen LogP contribution in [0.4, 0.5) is 8.78 Å². The van der Waals surface area contributed by atoms with E-state index in [2.05, 4.69) is 11.8 Å². The van der Waals surface area contributed by atoms with Crippen LogP contribution in [-0.2, 0) is 0 Å². The van der Waals surface area contributed by atoms with Crippen molar-refractivity contribution in [1.29, 1.82) is 0 Å². The second-order valence-electron chi connectivity index (χ2n) is 4.63. The Morgan fingerprint density at radius 3 is 2.31 bits per heavy atom. The van der Waals surface area contributed by atoms with Crippen molar-refractivity contribution in [3.05, 3.63) is 0 Å². The Labute approximate surface area is 78.1 Å². The van der Waals surface area contributed by atoms with Gasteiger partial charge in [0, 0.05) is 32.5 Å². The minimum absolute atomic E-state index is 0.0636. The molecule has 0 spiro atoms. The summed E-state index contributed by atoms with van der Waals surface area (Å²) in [5.74, 6) is -0.750. The van der Waals surface area contributed by atoms with Gasteiger partial charge in [0.15, 0.2) is 0 Å². The highest BCUT2D eigenvalue weighted by Crippen LogP contribution is 2.39. The molecule has 2 aliphatic rings. The van der Waals surface area contributed by atoms with E-state index in [1.54, 1.807) is 0 Å². The maximum absolute atomic E-state index is 12.8. The number of nitrogens with zero attached hydrogens (tertiary/aromatic N) is 1. The molecule has 3 heteroatoms. The summed E-state index contributed by atoms with van der Waals surface area (Å²) in [4.78, 5) is 2.20. The minimum atomic E-state index is -2.38. The van der Waals surface area contributed by atoms with Crippen molar-refractivity contribution in [3.8, 4) is 0 Å². The average molecular weight is 189 g/mol. The molecule has 0 amide bonds. The molecule has 0 aromatic rings. The lowest BCUT2D eigenvalue weighted by atomic mass is 10.1. The molecule has 1 aliphatic heterocycles. The van der Waals surface area contributed by atoms with Crippen LogP contribution in [0.2, 0.25) is 0 Å². The molecule has 2 atom stereocenters. The van der Waals surface area contributed by atoms with Gasteiger partial charge < -0.3 is 4.90 Å². The van der Waals surface area contributed by atoms with E-state index < -0.39 is 5.92 Å². The first-order valence-electron chi connectivity index (χ1n) is 5.17. The van der Waals surface area contributed by atoms with Gasteiger partial charge in [-0.3, -0.25) is 0 Å². The van der Waals surface area contributed by atoms with E-state index in [4.69, 9.17) is 0 Å².